The summed E-state index contributed by atoms with van der Waals surface area (Å²) in [4.78, 5) is 0. The van der Waals surface area contributed by atoms with Gasteiger partial charge in [-0.05, 0) is 61.3 Å². The molecule has 2 heteroatoms. The first kappa shape index (κ1) is 11.9. The van der Waals surface area contributed by atoms with Gasteiger partial charge in [0.25, 0.3) is 0 Å². The molecule has 1 aromatic rings. The van der Waals surface area contributed by atoms with Gasteiger partial charge in [0.15, 0.2) is 0 Å². The van der Waals surface area contributed by atoms with Gasteiger partial charge in [-0.3, -0.25) is 0 Å². The molecule has 1 saturated carbocycles. The predicted octanol–water partition coefficient (Wildman–Crippen LogP) is 4.00. The van der Waals surface area contributed by atoms with E-state index in [0.717, 1.165) is 18.7 Å². The van der Waals surface area contributed by atoms with Gasteiger partial charge in [0.2, 0.25) is 0 Å². The Hall–Kier alpha value is -1.18. The van der Waals surface area contributed by atoms with Crippen LogP contribution in [-0.4, -0.2) is 12.6 Å². The molecule has 98 valence electrons. The molecule has 0 amide bonds. The second-order valence-corrected chi connectivity index (χ2v) is 6.48. The van der Waals surface area contributed by atoms with Gasteiger partial charge in [0.05, 0.1) is 6.10 Å². The Kier molecular flexibility index (Phi) is 2.96. The van der Waals surface area contributed by atoms with Gasteiger partial charge in [-0.25, -0.2) is 0 Å². The van der Waals surface area contributed by atoms with Crippen LogP contribution in [-0.2, 0) is 6.42 Å². The standard InChI is InChI=1S/C16H23NO/c1-16(2)8-5-13(6-9-16)18-14-3-4-15-12(11-14)7-10-17-15/h3-4,11,13,17H,5-10H2,1-2H3. The van der Waals surface area contributed by atoms with Crippen LogP contribution in [0.4, 0.5) is 5.69 Å². The zero-order valence-corrected chi connectivity index (χ0v) is 11.5. The Morgan fingerprint density at radius 1 is 1.22 bits per heavy atom. The van der Waals surface area contributed by atoms with Gasteiger partial charge < -0.3 is 10.1 Å². The van der Waals surface area contributed by atoms with Crippen molar-refractivity contribution in [1.82, 2.24) is 0 Å². The van der Waals surface area contributed by atoms with E-state index in [9.17, 15) is 0 Å². The summed E-state index contributed by atoms with van der Waals surface area (Å²) in [5.74, 6) is 1.06. The highest BCUT2D eigenvalue weighted by molar-refractivity contribution is 5.57. The maximum atomic E-state index is 6.15. The van der Waals surface area contributed by atoms with Crippen LogP contribution >= 0.6 is 0 Å². The van der Waals surface area contributed by atoms with Crippen molar-refractivity contribution >= 4 is 5.69 Å². The monoisotopic (exact) mass is 245 g/mol. The number of hydrogen-bond acceptors (Lipinski definition) is 2. The van der Waals surface area contributed by atoms with Gasteiger partial charge in [-0.1, -0.05) is 13.8 Å². The van der Waals surface area contributed by atoms with Crippen molar-refractivity contribution in [2.24, 2.45) is 5.41 Å². The number of benzene rings is 1. The molecule has 1 fully saturated rings. The first-order chi connectivity index (χ1) is 8.62. The summed E-state index contributed by atoms with van der Waals surface area (Å²) in [6.07, 6.45) is 6.51. The van der Waals surface area contributed by atoms with Crippen molar-refractivity contribution in [3.05, 3.63) is 23.8 Å². The van der Waals surface area contributed by atoms with Crippen molar-refractivity contribution in [2.75, 3.05) is 11.9 Å². The van der Waals surface area contributed by atoms with Crippen LogP contribution in [0, 0.1) is 5.41 Å². The third-order valence-electron chi connectivity index (χ3n) is 4.38. The van der Waals surface area contributed by atoms with Crippen LogP contribution in [0.5, 0.6) is 5.75 Å². The fourth-order valence-electron chi connectivity index (χ4n) is 3.04. The number of hydrogen-bond donors (Lipinski definition) is 1. The van der Waals surface area contributed by atoms with Gasteiger partial charge in [-0.15, -0.1) is 0 Å². The predicted molar refractivity (Wildman–Crippen MR) is 75.3 cm³/mol. The van der Waals surface area contributed by atoms with Crippen LogP contribution in [0.15, 0.2) is 18.2 Å². The first-order valence-corrected chi connectivity index (χ1v) is 7.16. The largest absolute Gasteiger partial charge is 0.490 e. The van der Waals surface area contributed by atoms with E-state index in [2.05, 4.69) is 37.4 Å². The van der Waals surface area contributed by atoms with Crippen LogP contribution < -0.4 is 10.1 Å². The third-order valence-corrected chi connectivity index (χ3v) is 4.38. The molecule has 2 aliphatic rings. The highest BCUT2D eigenvalue weighted by Crippen LogP contribution is 2.37. The molecule has 0 saturated heterocycles. The van der Waals surface area contributed by atoms with Crippen molar-refractivity contribution in [3.8, 4) is 5.75 Å². The van der Waals surface area contributed by atoms with Gasteiger partial charge >= 0.3 is 0 Å². The molecule has 0 radical (unpaired) electrons. The summed E-state index contributed by atoms with van der Waals surface area (Å²) in [6.45, 7) is 5.80. The highest BCUT2D eigenvalue weighted by Gasteiger charge is 2.27. The highest BCUT2D eigenvalue weighted by atomic mass is 16.5. The summed E-state index contributed by atoms with van der Waals surface area (Å²) < 4.78 is 6.15. The lowest BCUT2D eigenvalue weighted by Crippen LogP contribution is -2.28. The second-order valence-electron chi connectivity index (χ2n) is 6.48. The fourth-order valence-corrected chi connectivity index (χ4v) is 3.04. The number of fused-ring (bicyclic) bond motifs is 1. The van der Waals surface area contributed by atoms with Gasteiger partial charge in [-0.2, -0.15) is 0 Å². The Morgan fingerprint density at radius 3 is 2.78 bits per heavy atom. The average Bonchev–Trinajstić information content (AvgIpc) is 2.79. The summed E-state index contributed by atoms with van der Waals surface area (Å²) in [7, 11) is 0. The molecule has 0 spiro atoms. The molecule has 3 rings (SSSR count). The Morgan fingerprint density at radius 2 is 2.00 bits per heavy atom. The first-order valence-electron chi connectivity index (χ1n) is 7.16. The minimum absolute atomic E-state index is 0.422. The molecule has 1 heterocycles. The molecular formula is C16H23NO. The molecule has 18 heavy (non-hydrogen) atoms. The van der Waals surface area contributed by atoms with E-state index >= 15 is 0 Å². The molecule has 0 atom stereocenters. The molecule has 0 unspecified atom stereocenters. The van der Waals surface area contributed by atoms with E-state index in [-0.39, 0.29) is 0 Å². The van der Waals surface area contributed by atoms with E-state index in [0.29, 0.717) is 11.5 Å². The number of ether oxygens (including phenoxy) is 1. The third kappa shape index (κ3) is 2.47. The second kappa shape index (κ2) is 4.49. The summed E-state index contributed by atoms with van der Waals surface area (Å²) in [5.41, 5.74) is 3.21. The maximum Gasteiger partial charge on any atom is 0.120 e. The Bertz CT molecular complexity index is 429. The molecular weight excluding hydrogens is 222 g/mol. The SMILES string of the molecule is CC1(C)CCC(Oc2ccc3c(c2)CCN3)CC1. The van der Waals surface area contributed by atoms with Crippen molar-refractivity contribution in [3.63, 3.8) is 0 Å². The zero-order valence-electron chi connectivity index (χ0n) is 11.5. The lowest BCUT2D eigenvalue weighted by Gasteiger charge is -2.34. The van der Waals surface area contributed by atoms with E-state index < -0.39 is 0 Å². The summed E-state index contributed by atoms with van der Waals surface area (Å²) >= 11 is 0. The number of nitrogens with one attached hydrogen (secondary N) is 1. The minimum Gasteiger partial charge on any atom is -0.490 e. The quantitative estimate of drug-likeness (QED) is 0.850. The Labute approximate surface area is 110 Å². The molecule has 0 aromatic heterocycles. The molecule has 1 N–H and O–H groups in total. The lowest BCUT2D eigenvalue weighted by molar-refractivity contribution is 0.0987. The molecule has 1 aromatic carbocycles. The number of rotatable bonds is 2. The average molecular weight is 245 g/mol. The summed E-state index contributed by atoms with van der Waals surface area (Å²) in [5, 5.41) is 3.39. The van der Waals surface area contributed by atoms with Crippen LogP contribution in [0.1, 0.15) is 45.1 Å². The summed E-state index contributed by atoms with van der Waals surface area (Å²) in [6, 6.07) is 6.48. The van der Waals surface area contributed by atoms with Crippen molar-refractivity contribution in [2.45, 2.75) is 52.1 Å². The molecule has 1 aliphatic carbocycles. The van der Waals surface area contributed by atoms with E-state index in [1.54, 1.807) is 0 Å². The van der Waals surface area contributed by atoms with Crippen molar-refractivity contribution in [1.29, 1.82) is 0 Å². The topological polar surface area (TPSA) is 21.3 Å². The molecule has 2 nitrogen and oxygen atoms in total. The maximum absolute atomic E-state index is 6.15. The van der Waals surface area contributed by atoms with Gasteiger partial charge in [0.1, 0.15) is 5.75 Å². The van der Waals surface area contributed by atoms with Crippen LogP contribution in [0.25, 0.3) is 0 Å². The number of anilines is 1. The van der Waals surface area contributed by atoms with E-state index in [1.807, 2.05) is 0 Å². The fraction of sp³-hybridized carbons (Fsp3) is 0.625. The smallest absolute Gasteiger partial charge is 0.120 e. The lowest BCUT2D eigenvalue weighted by atomic mass is 9.76. The molecule has 1 aliphatic heterocycles. The van der Waals surface area contributed by atoms with Gasteiger partial charge in [0, 0.05) is 12.2 Å². The normalized spacial score (nSPS) is 22.3. The van der Waals surface area contributed by atoms with Crippen LogP contribution in [0.3, 0.4) is 0 Å². The van der Waals surface area contributed by atoms with E-state index in [4.69, 9.17) is 4.74 Å². The van der Waals surface area contributed by atoms with Crippen molar-refractivity contribution < 1.29 is 4.74 Å². The van der Waals surface area contributed by atoms with E-state index in [1.165, 1.54) is 36.9 Å². The Balaban J connectivity index is 1.63. The minimum atomic E-state index is 0.422. The molecule has 0 bridgehead atoms. The zero-order chi connectivity index (χ0) is 12.6. The van der Waals surface area contributed by atoms with Crippen LogP contribution in [0.2, 0.25) is 0 Å².